The summed E-state index contributed by atoms with van der Waals surface area (Å²) >= 11 is 0. The minimum atomic E-state index is -3.07. The van der Waals surface area contributed by atoms with Crippen molar-refractivity contribution in [3.63, 3.8) is 0 Å². The van der Waals surface area contributed by atoms with Gasteiger partial charge in [0.2, 0.25) is 0 Å². The number of hydrogen-bond acceptors (Lipinski definition) is 7. The molecule has 0 spiro atoms. The first-order valence-corrected chi connectivity index (χ1v) is 17.9. The van der Waals surface area contributed by atoms with E-state index in [0.717, 1.165) is 27.8 Å². The third kappa shape index (κ3) is 10.2. The van der Waals surface area contributed by atoms with E-state index in [1.807, 2.05) is 152 Å². The average molecular weight is 694 g/mol. The van der Waals surface area contributed by atoms with Crippen LogP contribution in [-0.2, 0) is 65.8 Å². The Labute approximate surface area is 294 Å². The third-order valence-electron chi connectivity index (χ3n) is 8.58. The van der Waals surface area contributed by atoms with E-state index in [4.69, 9.17) is 28.2 Å². The maximum Gasteiger partial charge on any atom is 0.695 e. The fourth-order valence-electron chi connectivity index (χ4n) is 6.13. The SMILES string of the molecule is O=[P+](O)OC1[C@H](OCc2ccccc2)[C@H](OCc2ccccc2)C(OCc2ccccc2)[C@H](OCc2ccccc2)[C@H]1OCc1ccccc1. The van der Waals surface area contributed by atoms with Gasteiger partial charge in [-0.15, -0.1) is 9.42 Å². The lowest BCUT2D eigenvalue weighted by Crippen LogP contribution is -2.67. The van der Waals surface area contributed by atoms with E-state index in [-0.39, 0.29) is 33.0 Å². The minimum Gasteiger partial charge on any atom is -0.368 e. The van der Waals surface area contributed by atoms with Gasteiger partial charge in [0, 0.05) is 4.57 Å². The van der Waals surface area contributed by atoms with Crippen LogP contribution in [-0.4, -0.2) is 41.5 Å². The summed E-state index contributed by atoms with van der Waals surface area (Å²) in [6.07, 6.45) is -5.15. The first-order chi connectivity index (χ1) is 24.6. The molecule has 9 heteroatoms. The molecule has 1 aliphatic carbocycles. The lowest BCUT2D eigenvalue weighted by Gasteiger charge is -2.48. The molecule has 258 valence electrons. The molecule has 0 aromatic heterocycles. The summed E-state index contributed by atoms with van der Waals surface area (Å²) in [6.45, 7) is 1.14. The van der Waals surface area contributed by atoms with Crippen LogP contribution in [0.5, 0.6) is 0 Å². The minimum absolute atomic E-state index is 0.200. The lowest BCUT2D eigenvalue weighted by molar-refractivity contribution is -0.278. The van der Waals surface area contributed by atoms with Gasteiger partial charge >= 0.3 is 8.25 Å². The Balaban J connectivity index is 1.41. The van der Waals surface area contributed by atoms with E-state index in [2.05, 4.69) is 0 Å². The van der Waals surface area contributed by atoms with Crippen LogP contribution in [0.3, 0.4) is 0 Å². The molecule has 0 heterocycles. The summed E-state index contributed by atoms with van der Waals surface area (Å²) < 4.78 is 52.0. The van der Waals surface area contributed by atoms with Gasteiger partial charge in [-0.2, -0.15) is 0 Å². The molecular formula is C41H42O8P+. The van der Waals surface area contributed by atoms with Crippen LogP contribution < -0.4 is 0 Å². The van der Waals surface area contributed by atoms with E-state index in [1.165, 1.54) is 0 Å². The molecule has 0 aliphatic heterocycles. The Morgan fingerprint density at radius 3 is 0.760 bits per heavy atom. The third-order valence-corrected chi connectivity index (χ3v) is 9.00. The lowest BCUT2D eigenvalue weighted by atomic mass is 9.83. The molecule has 0 amide bonds. The Bertz CT molecular complexity index is 1600. The highest BCUT2D eigenvalue weighted by atomic mass is 31.1. The van der Waals surface area contributed by atoms with Crippen LogP contribution >= 0.6 is 8.25 Å². The Kier molecular flexibility index (Phi) is 13.4. The van der Waals surface area contributed by atoms with Crippen molar-refractivity contribution < 1.29 is 37.7 Å². The van der Waals surface area contributed by atoms with E-state index in [0.29, 0.717) is 0 Å². The van der Waals surface area contributed by atoms with Gasteiger partial charge in [-0.3, -0.25) is 0 Å². The molecule has 50 heavy (non-hydrogen) atoms. The molecule has 6 rings (SSSR count). The van der Waals surface area contributed by atoms with Crippen molar-refractivity contribution >= 4 is 8.25 Å². The van der Waals surface area contributed by atoms with Gasteiger partial charge < -0.3 is 23.7 Å². The maximum atomic E-state index is 12.6. The molecule has 1 aliphatic rings. The van der Waals surface area contributed by atoms with Crippen molar-refractivity contribution in [1.82, 2.24) is 0 Å². The predicted octanol–water partition coefficient (Wildman–Crippen LogP) is 7.96. The molecular weight excluding hydrogens is 651 g/mol. The van der Waals surface area contributed by atoms with Crippen LogP contribution in [0.4, 0.5) is 0 Å². The summed E-state index contributed by atoms with van der Waals surface area (Å²) in [5.74, 6) is 0. The molecule has 1 saturated carbocycles. The molecule has 5 aromatic rings. The van der Waals surface area contributed by atoms with Crippen molar-refractivity contribution in [2.75, 3.05) is 0 Å². The van der Waals surface area contributed by atoms with E-state index in [9.17, 15) is 9.46 Å². The zero-order chi connectivity index (χ0) is 34.4. The number of hydrogen-bond donors (Lipinski definition) is 1. The zero-order valence-electron chi connectivity index (χ0n) is 27.7. The Morgan fingerprint density at radius 1 is 0.360 bits per heavy atom. The van der Waals surface area contributed by atoms with Gasteiger partial charge in [-0.25, -0.2) is 0 Å². The highest BCUT2D eigenvalue weighted by Crippen LogP contribution is 2.39. The molecule has 1 N–H and O–H groups in total. The smallest absolute Gasteiger partial charge is 0.368 e. The molecule has 3 unspecified atom stereocenters. The van der Waals surface area contributed by atoms with Crippen LogP contribution in [0.25, 0.3) is 0 Å². The largest absolute Gasteiger partial charge is 0.695 e. The molecule has 5 aromatic carbocycles. The van der Waals surface area contributed by atoms with Crippen molar-refractivity contribution in [1.29, 1.82) is 0 Å². The van der Waals surface area contributed by atoms with Crippen LogP contribution in [0.2, 0.25) is 0 Å². The van der Waals surface area contributed by atoms with Crippen molar-refractivity contribution in [3.8, 4) is 0 Å². The summed E-state index contributed by atoms with van der Waals surface area (Å²) in [4.78, 5) is 10.3. The van der Waals surface area contributed by atoms with Crippen LogP contribution in [0.1, 0.15) is 27.8 Å². The van der Waals surface area contributed by atoms with Crippen LogP contribution in [0.15, 0.2) is 152 Å². The fraction of sp³-hybridized carbons (Fsp3) is 0.268. The average Bonchev–Trinajstić information content (AvgIpc) is 3.16. The van der Waals surface area contributed by atoms with Crippen LogP contribution in [0, 0.1) is 0 Å². The highest BCUT2D eigenvalue weighted by Gasteiger charge is 2.57. The first kappa shape index (κ1) is 35.7. The standard InChI is InChI=1S/C41H41O8P/c42-50(43)49-41-39(47-29-34-22-12-4-13-23-34)37(45-27-32-18-8-2-9-19-32)36(44-26-31-16-6-1-7-17-31)38(46-28-33-20-10-3-11-21-33)40(41)48-30-35-24-14-5-15-25-35/h1-25,36-41H,26-30H2/p+1/t36?,37-,38+,39-,40-,41?/m1/s1. The molecule has 0 bridgehead atoms. The van der Waals surface area contributed by atoms with Crippen molar-refractivity contribution in [2.24, 2.45) is 0 Å². The number of rotatable bonds is 17. The second-order valence-electron chi connectivity index (χ2n) is 12.1. The Morgan fingerprint density at radius 2 is 0.560 bits per heavy atom. The summed E-state index contributed by atoms with van der Waals surface area (Å²) in [5, 5.41) is 0. The monoisotopic (exact) mass is 693 g/mol. The second kappa shape index (κ2) is 18.8. The van der Waals surface area contributed by atoms with Gasteiger partial charge in [0.25, 0.3) is 0 Å². The van der Waals surface area contributed by atoms with Gasteiger partial charge in [0.05, 0.1) is 33.0 Å². The zero-order valence-corrected chi connectivity index (χ0v) is 28.6. The Hall–Kier alpha value is -4.08. The van der Waals surface area contributed by atoms with Gasteiger partial charge in [-0.05, 0) is 27.8 Å². The van der Waals surface area contributed by atoms with Gasteiger partial charge in [0.1, 0.15) is 30.5 Å². The highest BCUT2D eigenvalue weighted by molar-refractivity contribution is 7.32. The summed E-state index contributed by atoms with van der Waals surface area (Å²) in [6, 6.07) is 49.0. The molecule has 8 nitrogen and oxygen atoms in total. The van der Waals surface area contributed by atoms with Gasteiger partial charge in [-0.1, -0.05) is 152 Å². The van der Waals surface area contributed by atoms with Crippen molar-refractivity contribution in [2.45, 2.75) is 69.7 Å². The number of benzene rings is 5. The second-order valence-corrected chi connectivity index (χ2v) is 12.8. The fourth-order valence-corrected chi connectivity index (χ4v) is 6.58. The van der Waals surface area contributed by atoms with E-state index in [1.54, 1.807) is 0 Å². The predicted molar refractivity (Wildman–Crippen MR) is 190 cm³/mol. The first-order valence-electron chi connectivity index (χ1n) is 16.7. The molecule has 1 fully saturated rings. The van der Waals surface area contributed by atoms with E-state index >= 15 is 0 Å². The maximum absolute atomic E-state index is 12.6. The number of ether oxygens (including phenoxy) is 5. The molecule has 7 atom stereocenters. The topological polar surface area (TPSA) is 92.7 Å². The normalized spacial score (nSPS) is 22.2. The van der Waals surface area contributed by atoms with E-state index < -0.39 is 44.9 Å². The summed E-state index contributed by atoms with van der Waals surface area (Å²) in [7, 11) is -3.07. The molecule has 0 saturated heterocycles. The summed E-state index contributed by atoms with van der Waals surface area (Å²) in [5.41, 5.74) is 4.72. The van der Waals surface area contributed by atoms with Crippen molar-refractivity contribution in [3.05, 3.63) is 179 Å². The van der Waals surface area contributed by atoms with Gasteiger partial charge in [0.15, 0.2) is 6.10 Å². The molecule has 0 radical (unpaired) electrons. The quantitative estimate of drug-likeness (QED) is 0.0982.